The van der Waals surface area contributed by atoms with Crippen LogP contribution in [0, 0.1) is 0 Å². The molecule has 5 nitrogen and oxygen atoms in total. The molecule has 1 rings (SSSR count). The van der Waals surface area contributed by atoms with E-state index in [9.17, 15) is 9.59 Å². The van der Waals surface area contributed by atoms with Crippen LogP contribution in [0.2, 0.25) is 0 Å². The van der Waals surface area contributed by atoms with Crippen molar-refractivity contribution in [2.45, 2.75) is 13.0 Å². The molecule has 0 bridgehead atoms. The first-order valence-electron chi connectivity index (χ1n) is 5.06. The number of nitrogens with one attached hydrogen (secondary N) is 1. The highest BCUT2D eigenvalue weighted by molar-refractivity contribution is 5.94. The molecule has 0 heterocycles. The first-order chi connectivity index (χ1) is 7.99. The smallest absolute Gasteiger partial charge is 0.328 e. The Hall–Kier alpha value is -2.14. The molecule has 1 amide bonds. The van der Waals surface area contributed by atoms with Gasteiger partial charge in [0, 0.05) is 11.8 Å². The largest absolute Gasteiger partial charge is 0.478 e. The molecule has 0 fully saturated rings. The van der Waals surface area contributed by atoms with Crippen LogP contribution >= 0.6 is 0 Å². The molecule has 0 saturated heterocycles. The molecule has 1 aromatic rings. The van der Waals surface area contributed by atoms with Gasteiger partial charge in [0.2, 0.25) is 5.91 Å². The number of anilines is 1. The van der Waals surface area contributed by atoms with Crippen molar-refractivity contribution in [1.82, 2.24) is 0 Å². The van der Waals surface area contributed by atoms with E-state index >= 15 is 0 Å². The van der Waals surface area contributed by atoms with E-state index in [2.05, 4.69) is 5.32 Å². The normalized spacial score (nSPS) is 12.4. The first-order valence-corrected chi connectivity index (χ1v) is 5.06. The van der Waals surface area contributed by atoms with Crippen LogP contribution in [-0.4, -0.2) is 23.0 Å². The minimum Gasteiger partial charge on any atom is -0.478 e. The fourth-order valence-electron chi connectivity index (χ4n) is 1.10. The van der Waals surface area contributed by atoms with Gasteiger partial charge < -0.3 is 16.2 Å². The second-order valence-electron chi connectivity index (χ2n) is 3.57. The zero-order chi connectivity index (χ0) is 12.8. The van der Waals surface area contributed by atoms with Crippen LogP contribution in [0.1, 0.15) is 12.5 Å². The van der Waals surface area contributed by atoms with Crippen LogP contribution in [0.5, 0.6) is 0 Å². The van der Waals surface area contributed by atoms with Gasteiger partial charge in [0.15, 0.2) is 0 Å². The maximum atomic E-state index is 11.3. The lowest BCUT2D eigenvalue weighted by Gasteiger charge is -2.07. The van der Waals surface area contributed by atoms with Gasteiger partial charge >= 0.3 is 5.97 Å². The quantitative estimate of drug-likeness (QED) is 0.679. The molecular formula is C12H14N2O3. The summed E-state index contributed by atoms with van der Waals surface area (Å²) in [4.78, 5) is 21.6. The number of carbonyl (C=O) groups is 2. The molecular weight excluding hydrogens is 220 g/mol. The number of carboxylic acids is 1. The van der Waals surface area contributed by atoms with Crippen molar-refractivity contribution in [2.75, 3.05) is 5.32 Å². The lowest BCUT2D eigenvalue weighted by Crippen LogP contribution is -2.32. The summed E-state index contributed by atoms with van der Waals surface area (Å²) in [5, 5.41) is 11.1. The monoisotopic (exact) mass is 234 g/mol. The molecule has 0 aliphatic rings. The van der Waals surface area contributed by atoms with Crippen molar-refractivity contribution < 1.29 is 14.7 Å². The topological polar surface area (TPSA) is 92.4 Å². The van der Waals surface area contributed by atoms with E-state index in [1.54, 1.807) is 31.2 Å². The molecule has 0 spiro atoms. The highest BCUT2D eigenvalue weighted by atomic mass is 16.4. The van der Waals surface area contributed by atoms with Gasteiger partial charge in [0.25, 0.3) is 0 Å². The van der Waals surface area contributed by atoms with Gasteiger partial charge in [-0.3, -0.25) is 4.79 Å². The number of aliphatic carboxylic acids is 1. The molecule has 90 valence electrons. The van der Waals surface area contributed by atoms with Crippen molar-refractivity contribution in [3.63, 3.8) is 0 Å². The van der Waals surface area contributed by atoms with Crippen molar-refractivity contribution in [1.29, 1.82) is 0 Å². The summed E-state index contributed by atoms with van der Waals surface area (Å²) in [6, 6.07) is 6.21. The Bertz CT molecular complexity index is 436. The van der Waals surface area contributed by atoms with E-state index in [1.807, 2.05) is 0 Å². The summed E-state index contributed by atoms with van der Waals surface area (Å²) in [6.45, 7) is 1.60. The molecule has 0 aliphatic heterocycles. The van der Waals surface area contributed by atoms with Crippen molar-refractivity contribution in [3.8, 4) is 0 Å². The van der Waals surface area contributed by atoms with Gasteiger partial charge in [-0.15, -0.1) is 0 Å². The lowest BCUT2D eigenvalue weighted by molar-refractivity contribution is -0.131. The minimum atomic E-state index is -1.00. The number of hydrogen-bond donors (Lipinski definition) is 3. The van der Waals surface area contributed by atoms with Gasteiger partial charge in [0.05, 0.1) is 6.04 Å². The van der Waals surface area contributed by atoms with E-state index in [0.717, 1.165) is 11.6 Å². The van der Waals surface area contributed by atoms with E-state index < -0.39 is 12.0 Å². The highest BCUT2D eigenvalue weighted by Crippen LogP contribution is 2.10. The average molecular weight is 234 g/mol. The van der Waals surface area contributed by atoms with Crippen LogP contribution in [0.15, 0.2) is 30.3 Å². The Morgan fingerprint density at radius 3 is 2.41 bits per heavy atom. The van der Waals surface area contributed by atoms with Gasteiger partial charge in [-0.05, 0) is 30.7 Å². The van der Waals surface area contributed by atoms with E-state index in [1.165, 1.54) is 6.08 Å². The van der Waals surface area contributed by atoms with Crippen LogP contribution in [0.4, 0.5) is 5.69 Å². The zero-order valence-corrected chi connectivity index (χ0v) is 9.38. The van der Waals surface area contributed by atoms with Gasteiger partial charge in [-0.25, -0.2) is 4.79 Å². The second kappa shape index (κ2) is 5.81. The Morgan fingerprint density at radius 2 is 1.94 bits per heavy atom. The number of benzene rings is 1. The SMILES string of the molecule is C[C@@H](N)C(=O)Nc1ccc(/C=C/C(=O)O)cc1. The van der Waals surface area contributed by atoms with E-state index in [0.29, 0.717) is 5.69 Å². The van der Waals surface area contributed by atoms with Gasteiger partial charge in [0.1, 0.15) is 0 Å². The molecule has 17 heavy (non-hydrogen) atoms. The van der Waals surface area contributed by atoms with Crippen LogP contribution < -0.4 is 11.1 Å². The third-order valence-electron chi connectivity index (χ3n) is 2.01. The van der Waals surface area contributed by atoms with Crippen LogP contribution in [0.3, 0.4) is 0 Å². The van der Waals surface area contributed by atoms with Crippen molar-refractivity contribution >= 4 is 23.6 Å². The minimum absolute atomic E-state index is 0.265. The number of rotatable bonds is 4. The maximum absolute atomic E-state index is 11.3. The number of hydrogen-bond acceptors (Lipinski definition) is 3. The molecule has 0 aromatic heterocycles. The van der Waals surface area contributed by atoms with Gasteiger partial charge in [-0.2, -0.15) is 0 Å². The molecule has 0 unspecified atom stereocenters. The third-order valence-corrected chi connectivity index (χ3v) is 2.01. The van der Waals surface area contributed by atoms with Crippen molar-refractivity contribution in [3.05, 3.63) is 35.9 Å². The number of carbonyl (C=O) groups excluding carboxylic acids is 1. The predicted octanol–water partition coefficient (Wildman–Crippen LogP) is 1.07. The van der Waals surface area contributed by atoms with Crippen molar-refractivity contribution in [2.24, 2.45) is 5.73 Å². The average Bonchev–Trinajstić information content (AvgIpc) is 2.28. The highest BCUT2D eigenvalue weighted by Gasteiger charge is 2.06. The zero-order valence-electron chi connectivity index (χ0n) is 9.38. The van der Waals surface area contributed by atoms with Gasteiger partial charge in [-0.1, -0.05) is 12.1 Å². The molecule has 1 atom stereocenters. The van der Waals surface area contributed by atoms with E-state index in [4.69, 9.17) is 10.8 Å². The fourth-order valence-corrected chi connectivity index (χ4v) is 1.10. The number of nitrogens with two attached hydrogens (primary N) is 1. The molecule has 5 heteroatoms. The maximum Gasteiger partial charge on any atom is 0.328 e. The Labute approximate surface area is 98.9 Å². The summed E-state index contributed by atoms with van der Waals surface area (Å²) in [7, 11) is 0. The third kappa shape index (κ3) is 4.48. The molecule has 4 N–H and O–H groups in total. The van der Waals surface area contributed by atoms with E-state index in [-0.39, 0.29) is 5.91 Å². The summed E-state index contributed by atoms with van der Waals surface area (Å²) in [6.07, 6.45) is 2.52. The lowest BCUT2D eigenvalue weighted by atomic mass is 10.2. The standard InChI is InChI=1S/C12H14N2O3/c1-8(13)12(17)14-10-5-2-9(3-6-10)4-7-11(15)16/h2-8H,13H2,1H3,(H,14,17)(H,15,16)/b7-4+/t8-/m1/s1. The molecule has 0 radical (unpaired) electrons. The fraction of sp³-hybridized carbons (Fsp3) is 0.167. The Balaban J connectivity index is 2.68. The van der Waals surface area contributed by atoms with Crippen LogP contribution in [-0.2, 0) is 9.59 Å². The summed E-state index contributed by atoms with van der Waals surface area (Å²) >= 11 is 0. The molecule has 0 aliphatic carbocycles. The summed E-state index contributed by atoms with van der Waals surface area (Å²) in [5.74, 6) is -1.27. The number of amides is 1. The molecule has 1 aromatic carbocycles. The summed E-state index contributed by atoms with van der Waals surface area (Å²) < 4.78 is 0. The predicted molar refractivity (Wildman–Crippen MR) is 65.4 cm³/mol. The first kappa shape index (κ1) is 12.9. The summed E-state index contributed by atoms with van der Waals surface area (Å²) in [5.41, 5.74) is 6.77. The Kier molecular flexibility index (Phi) is 4.42. The van der Waals surface area contributed by atoms with Crippen LogP contribution in [0.25, 0.3) is 6.08 Å². The number of carboxylic acid groups (broad SMARTS) is 1. The second-order valence-corrected chi connectivity index (χ2v) is 3.57. The Morgan fingerprint density at radius 1 is 1.35 bits per heavy atom. The molecule has 0 saturated carbocycles.